The summed E-state index contributed by atoms with van der Waals surface area (Å²) in [6, 6.07) is 9.88. The number of benzene rings is 2. The summed E-state index contributed by atoms with van der Waals surface area (Å²) in [5.41, 5.74) is 1.53. The van der Waals surface area contributed by atoms with Crippen LogP contribution in [0.2, 0.25) is 10.0 Å². The van der Waals surface area contributed by atoms with E-state index in [0.717, 1.165) is 0 Å². The minimum Gasteiger partial charge on any atom is -0.482 e. The van der Waals surface area contributed by atoms with Gasteiger partial charge in [0.15, 0.2) is 12.4 Å². The minimum absolute atomic E-state index is 0.00857. The lowest BCUT2D eigenvalue weighted by Crippen LogP contribution is -2.40. The van der Waals surface area contributed by atoms with E-state index in [-0.39, 0.29) is 30.1 Å². The Labute approximate surface area is 177 Å². The zero-order chi connectivity index (χ0) is 20.5. The molecule has 2 aromatic rings. The SMILES string of the molecule is O=C1COc2ccc(C(=O)C3CCN(C(=O)c4ccc(Cl)c(Cl)c4)CC3)cc2N1. The third-order valence-electron chi connectivity index (χ3n) is 5.22. The number of hydrogen-bond donors (Lipinski definition) is 1. The van der Waals surface area contributed by atoms with Gasteiger partial charge in [0.2, 0.25) is 0 Å². The fraction of sp³-hybridized carbons (Fsp3) is 0.286. The first-order valence-corrected chi connectivity index (χ1v) is 10.0. The lowest BCUT2D eigenvalue weighted by Gasteiger charge is -2.31. The molecule has 0 saturated carbocycles. The number of piperidine rings is 1. The predicted molar refractivity (Wildman–Crippen MR) is 110 cm³/mol. The van der Waals surface area contributed by atoms with Gasteiger partial charge in [-0.05, 0) is 49.2 Å². The average molecular weight is 433 g/mol. The summed E-state index contributed by atoms with van der Waals surface area (Å²) in [6.45, 7) is 0.951. The van der Waals surface area contributed by atoms with Crippen LogP contribution in [0.3, 0.4) is 0 Å². The molecule has 0 aliphatic carbocycles. The van der Waals surface area contributed by atoms with E-state index in [9.17, 15) is 14.4 Å². The van der Waals surface area contributed by atoms with E-state index in [2.05, 4.69) is 5.32 Å². The molecule has 150 valence electrons. The number of fused-ring (bicyclic) bond motifs is 1. The van der Waals surface area contributed by atoms with E-state index in [4.69, 9.17) is 27.9 Å². The van der Waals surface area contributed by atoms with Gasteiger partial charge < -0.3 is 15.0 Å². The summed E-state index contributed by atoms with van der Waals surface area (Å²) in [4.78, 5) is 38.8. The Bertz CT molecular complexity index is 1000. The van der Waals surface area contributed by atoms with Crippen molar-refractivity contribution in [2.24, 2.45) is 5.92 Å². The van der Waals surface area contributed by atoms with E-state index in [1.165, 1.54) is 0 Å². The standard InChI is InChI=1S/C21H18Cl2N2O4/c22-15-3-1-14(9-16(15)23)21(28)25-7-5-12(6-8-25)20(27)13-2-4-18-17(10-13)24-19(26)11-29-18/h1-4,9-10,12H,5-8,11H2,(H,24,26). The molecule has 0 atom stereocenters. The van der Waals surface area contributed by atoms with Gasteiger partial charge >= 0.3 is 0 Å². The predicted octanol–water partition coefficient (Wildman–Crippen LogP) is 4.06. The zero-order valence-corrected chi connectivity index (χ0v) is 16.9. The number of halogens is 2. The molecule has 1 fully saturated rings. The van der Waals surface area contributed by atoms with E-state index >= 15 is 0 Å². The molecule has 2 amide bonds. The molecule has 0 radical (unpaired) electrons. The first kappa shape index (κ1) is 19.7. The van der Waals surface area contributed by atoms with Crippen molar-refractivity contribution in [2.45, 2.75) is 12.8 Å². The Morgan fingerprint density at radius 3 is 2.45 bits per heavy atom. The Balaban J connectivity index is 1.41. The molecule has 8 heteroatoms. The number of nitrogens with one attached hydrogen (secondary N) is 1. The number of carbonyl (C=O) groups is 3. The highest BCUT2D eigenvalue weighted by Gasteiger charge is 2.29. The van der Waals surface area contributed by atoms with E-state index in [1.807, 2.05) is 0 Å². The smallest absolute Gasteiger partial charge is 0.262 e. The fourth-order valence-electron chi connectivity index (χ4n) is 3.63. The van der Waals surface area contributed by atoms with Gasteiger partial charge in [0.1, 0.15) is 5.75 Å². The van der Waals surface area contributed by atoms with Gasteiger partial charge in [-0.1, -0.05) is 23.2 Å². The van der Waals surface area contributed by atoms with Crippen LogP contribution in [-0.2, 0) is 4.79 Å². The highest BCUT2D eigenvalue weighted by molar-refractivity contribution is 6.42. The molecule has 0 spiro atoms. The molecule has 0 aromatic heterocycles. The van der Waals surface area contributed by atoms with Crippen molar-refractivity contribution in [2.75, 3.05) is 25.0 Å². The lowest BCUT2D eigenvalue weighted by molar-refractivity contribution is -0.118. The fourth-order valence-corrected chi connectivity index (χ4v) is 3.93. The molecule has 0 unspecified atom stereocenters. The van der Waals surface area contributed by atoms with Gasteiger partial charge in [0.05, 0.1) is 15.7 Å². The van der Waals surface area contributed by atoms with Crippen LogP contribution in [0.1, 0.15) is 33.6 Å². The van der Waals surface area contributed by atoms with Crippen LogP contribution in [0.5, 0.6) is 5.75 Å². The summed E-state index contributed by atoms with van der Waals surface area (Å²) in [6.07, 6.45) is 1.15. The second-order valence-corrected chi connectivity index (χ2v) is 7.92. The van der Waals surface area contributed by atoms with Crippen molar-refractivity contribution in [3.05, 3.63) is 57.6 Å². The van der Waals surface area contributed by atoms with Crippen LogP contribution in [0.15, 0.2) is 36.4 Å². The van der Waals surface area contributed by atoms with Crippen molar-refractivity contribution >= 4 is 46.5 Å². The first-order valence-electron chi connectivity index (χ1n) is 9.27. The van der Waals surface area contributed by atoms with Gasteiger partial charge in [-0.3, -0.25) is 14.4 Å². The maximum atomic E-state index is 12.9. The number of amides is 2. The number of rotatable bonds is 3. The monoisotopic (exact) mass is 432 g/mol. The second-order valence-electron chi connectivity index (χ2n) is 7.11. The summed E-state index contributed by atoms with van der Waals surface area (Å²) >= 11 is 11.9. The van der Waals surface area contributed by atoms with Crippen molar-refractivity contribution < 1.29 is 19.1 Å². The van der Waals surface area contributed by atoms with E-state index in [0.29, 0.717) is 58.5 Å². The number of ketones is 1. The molecule has 2 heterocycles. The number of carbonyl (C=O) groups excluding carboxylic acids is 3. The number of nitrogens with zero attached hydrogens (tertiary/aromatic N) is 1. The topological polar surface area (TPSA) is 75.7 Å². The molecular formula is C21H18Cl2N2O4. The molecule has 2 aliphatic rings. The van der Waals surface area contributed by atoms with E-state index < -0.39 is 0 Å². The summed E-state index contributed by atoms with van der Waals surface area (Å²) < 4.78 is 5.33. The van der Waals surface area contributed by atoms with Gasteiger partial charge in [0, 0.05) is 30.1 Å². The Morgan fingerprint density at radius 1 is 1.00 bits per heavy atom. The van der Waals surface area contributed by atoms with Crippen LogP contribution in [0.25, 0.3) is 0 Å². The third-order valence-corrected chi connectivity index (χ3v) is 5.96. The number of likely N-dealkylation sites (tertiary alicyclic amines) is 1. The normalized spacial score (nSPS) is 16.6. The molecular weight excluding hydrogens is 415 g/mol. The number of Topliss-reactive ketones (excluding diaryl/α,β-unsaturated/α-hetero) is 1. The second kappa shape index (κ2) is 8.05. The van der Waals surface area contributed by atoms with E-state index in [1.54, 1.807) is 41.3 Å². The van der Waals surface area contributed by atoms with Crippen molar-refractivity contribution in [3.63, 3.8) is 0 Å². The Hall–Kier alpha value is -2.57. The number of hydrogen-bond acceptors (Lipinski definition) is 4. The minimum atomic E-state index is -0.240. The maximum Gasteiger partial charge on any atom is 0.262 e. The maximum absolute atomic E-state index is 12.9. The molecule has 4 rings (SSSR count). The average Bonchev–Trinajstić information content (AvgIpc) is 2.74. The molecule has 2 aliphatic heterocycles. The van der Waals surface area contributed by atoms with Crippen LogP contribution >= 0.6 is 23.2 Å². The molecule has 0 bridgehead atoms. The Morgan fingerprint density at radius 2 is 1.72 bits per heavy atom. The van der Waals surface area contributed by atoms with Gasteiger partial charge in [-0.2, -0.15) is 0 Å². The van der Waals surface area contributed by atoms with Crippen LogP contribution in [0, 0.1) is 5.92 Å². The number of anilines is 1. The molecule has 1 N–H and O–H groups in total. The molecule has 1 saturated heterocycles. The Kier molecular flexibility index (Phi) is 5.48. The largest absolute Gasteiger partial charge is 0.482 e. The summed E-state index contributed by atoms with van der Waals surface area (Å²) in [5, 5.41) is 3.46. The van der Waals surface area contributed by atoms with Gasteiger partial charge in [-0.15, -0.1) is 0 Å². The molecule has 6 nitrogen and oxygen atoms in total. The van der Waals surface area contributed by atoms with Crippen molar-refractivity contribution in [1.29, 1.82) is 0 Å². The molecule has 29 heavy (non-hydrogen) atoms. The van der Waals surface area contributed by atoms with Crippen molar-refractivity contribution in [1.82, 2.24) is 4.90 Å². The summed E-state index contributed by atoms with van der Waals surface area (Å²) in [5.74, 6) is 0.0305. The molecule has 2 aromatic carbocycles. The van der Waals surface area contributed by atoms with Crippen LogP contribution < -0.4 is 10.1 Å². The quantitative estimate of drug-likeness (QED) is 0.741. The third kappa shape index (κ3) is 4.09. The zero-order valence-electron chi connectivity index (χ0n) is 15.4. The van der Waals surface area contributed by atoms with Gasteiger partial charge in [-0.25, -0.2) is 0 Å². The van der Waals surface area contributed by atoms with Crippen molar-refractivity contribution in [3.8, 4) is 5.75 Å². The first-order chi connectivity index (χ1) is 13.9. The van der Waals surface area contributed by atoms with Crippen LogP contribution in [-0.4, -0.2) is 42.2 Å². The number of ether oxygens (including phenoxy) is 1. The highest BCUT2D eigenvalue weighted by atomic mass is 35.5. The summed E-state index contributed by atoms with van der Waals surface area (Å²) in [7, 11) is 0. The highest BCUT2D eigenvalue weighted by Crippen LogP contribution is 2.31. The van der Waals surface area contributed by atoms with Gasteiger partial charge in [0.25, 0.3) is 11.8 Å². The lowest BCUT2D eigenvalue weighted by atomic mass is 9.88. The van der Waals surface area contributed by atoms with Crippen LogP contribution in [0.4, 0.5) is 5.69 Å².